The monoisotopic (exact) mass is 457 g/mol. The van der Waals surface area contributed by atoms with E-state index in [0.717, 1.165) is 62.4 Å². The van der Waals surface area contributed by atoms with E-state index >= 15 is 0 Å². The zero-order valence-corrected chi connectivity index (χ0v) is 19.7. The second-order valence-corrected chi connectivity index (χ2v) is 10.1. The standard InChI is InChI=1S/C27H31N5O2/c1-34-23-6-2-20(3-7-23)16-26(33)30-14-10-27(11-15-30)18-31(19-27)25-9-4-21-17-22(5-8-24(21)25)32-28-12-13-29-32/h2-3,5-8,12-13,17,25H,4,9-11,14-16,18-19H2,1H3/t25-/m1/s1. The van der Waals surface area contributed by atoms with Crippen molar-refractivity contribution in [1.29, 1.82) is 0 Å². The number of aryl methyl sites for hydroxylation is 1. The molecule has 7 nitrogen and oxygen atoms in total. The number of nitrogens with zero attached hydrogens (tertiary/aromatic N) is 5. The lowest BCUT2D eigenvalue weighted by atomic mass is 9.71. The van der Waals surface area contributed by atoms with Gasteiger partial charge in [0.2, 0.25) is 5.91 Å². The number of rotatable bonds is 5. The molecule has 176 valence electrons. The Morgan fingerprint density at radius 3 is 2.50 bits per heavy atom. The van der Waals surface area contributed by atoms with Gasteiger partial charge in [0.1, 0.15) is 5.75 Å². The number of ether oxygens (including phenoxy) is 1. The smallest absolute Gasteiger partial charge is 0.226 e. The molecule has 6 rings (SSSR count). The second kappa shape index (κ2) is 8.55. The van der Waals surface area contributed by atoms with Gasteiger partial charge in [0, 0.05) is 32.2 Å². The molecule has 0 bridgehead atoms. The molecule has 0 saturated carbocycles. The van der Waals surface area contributed by atoms with Crippen molar-refractivity contribution >= 4 is 5.91 Å². The van der Waals surface area contributed by atoms with Crippen LogP contribution in [-0.4, -0.2) is 64.0 Å². The Balaban J connectivity index is 1.03. The summed E-state index contributed by atoms with van der Waals surface area (Å²) in [5.41, 5.74) is 5.37. The minimum absolute atomic E-state index is 0.239. The van der Waals surface area contributed by atoms with Crippen LogP contribution in [0, 0.1) is 5.41 Å². The molecule has 1 aliphatic carbocycles. The lowest BCUT2D eigenvalue weighted by Gasteiger charge is -2.56. The third-order valence-corrected chi connectivity index (χ3v) is 8.03. The first-order valence-corrected chi connectivity index (χ1v) is 12.3. The molecule has 7 heteroatoms. The van der Waals surface area contributed by atoms with Crippen molar-refractivity contribution in [2.75, 3.05) is 33.3 Å². The average molecular weight is 458 g/mol. The Labute approximate surface area is 200 Å². The normalized spacial score (nSPS) is 21.3. The highest BCUT2D eigenvalue weighted by molar-refractivity contribution is 5.79. The van der Waals surface area contributed by atoms with Crippen molar-refractivity contribution in [3.05, 3.63) is 71.5 Å². The van der Waals surface area contributed by atoms with E-state index in [-0.39, 0.29) is 5.91 Å². The number of amides is 1. The Morgan fingerprint density at radius 1 is 1.06 bits per heavy atom. The number of fused-ring (bicyclic) bond motifs is 1. The van der Waals surface area contributed by atoms with Gasteiger partial charge in [0.05, 0.1) is 31.6 Å². The van der Waals surface area contributed by atoms with Crippen LogP contribution in [0.2, 0.25) is 0 Å². The minimum atomic E-state index is 0.239. The van der Waals surface area contributed by atoms with Gasteiger partial charge in [-0.3, -0.25) is 9.69 Å². The lowest BCUT2D eigenvalue weighted by Crippen LogP contribution is -2.61. The topological polar surface area (TPSA) is 63.5 Å². The lowest BCUT2D eigenvalue weighted by molar-refractivity contribution is -0.136. The summed E-state index contributed by atoms with van der Waals surface area (Å²) in [5, 5.41) is 8.52. The van der Waals surface area contributed by atoms with Crippen LogP contribution in [-0.2, 0) is 17.6 Å². The maximum absolute atomic E-state index is 12.8. The molecular formula is C27H31N5O2. The van der Waals surface area contributed by atoms with Crippen molar-refractivity contribution in [2.24, 2.45) is 5.41 Å². The molecule has 0 unspecified atom stereocenters. The molecule has 2 saturated heterocycles. The van der Waals surface area contributed by atoms with Crippen LogP contribution in [0.4, 0.5) is 0 Å². The number of piperidine rings is 1. The number of carbonyl (C=O) groups excluding carboxylic acids is 1. The third-order valence-electron chi connectivity index (χ3n) is 8.03. The first kappa shape index (κ1) is 21.4. The van der Waals surface area contributed by atoms with Crippen molar-refractivity contribution in [1.82, 2.24) is 24.8 Å². The summed E-state index contributed by atoms with van der Waals surface area (Å²) in [7, 11) is 1.66. The van der Waals surface area contributed by atoms with Gasteiger partial charge in [-0.25, -0.2) is 0 Å². The van der Waals surface area contributed by atoms with E-state index in [1.807, 2.05) is 24.3 Å². The number of carbonyl (C=O) groups is 1. The molecule has 1 aromatic heterocycles. The summed E-state index contributed by atoms with van der Waals surface area (Å²) >= 11 is 0. The molecule has 2 aromatic carbocycles. The van der Waals surface area contributed by atoms with Crippen LogP contribution in [0.3, 0.4) is 0 Å². The molecule has 1 amide bonds. The quantitative estimate of drug-likeness (QED) is 0.587. The van der Waals surface area contributed by atoms with E-state index in [1.54, 1.807) is 24.3 Å². The summed E-state index contributed by atoms with van der Waals surface area (Å²) in [4.78, 5) is 19.2. The Morgan fingerprint density at radius 2 is 1.79 bits per heavy atom. The van der Waals surface area contributed by atoms with Crippen molar-refractivity contribution in [3.8, 4) is 11.4 Å². The van der Waals surface area contributed by atoms with Gasteiger partial charge in [-0.15, -0.1) is 0 Å². The zero-order chi connectivity index (χ0) is 23.1. The summed E-state index contributed by atoms with van der Waals surface area (Å²) in [6, 6.07) is 15.0. The number of likely N-dealkylation sites (tertiary alicyclic amines) is 2. The highest BCUT2D eigenvalue weighted by Gasteiger charge is 2.48. The fourth-order valence-electron chi connectivity index (χ4n) is 6.05. The maximum Gasteiger partial charge on any atom is 0.226 e. The maximum atomic E-state index is 12.8. The Hall–Kier alpha value is -3.19. The van der Waals surface area contributed by atoms with Crippen LogP contribution in [0.15, 0.2) is 54.9 Å². The number of benzene rings is 2. The number of hydrogen-bond donors (Lipinski definition) is 0. The van der Waals surface area contributed by atoms with E-state index in [9.17, 15) is 4.79 Å². The average Bonchev–Trinajstić information content (AvgIpc) is 3.53. The van der Waals surface area contributed by atoms with Gasteiger partial charge in [-0.2, -0.15) is 15.0 Å². The third kappa shape index (κ3) is 3.88. The molecule has 3 heterocycles. The molecule has 0 radical (unpaired) electrons. The summed E-state index contributed by atoms with van der Waals surface area (Å²) in [5.74, 6) is 1.06. The zero-order valence-electron chi connectivity index (χ0n) is 19.7. The predicted octanol–water partition coefficient (Wildman–Crippen LogP) is 3.43. The largest absolute Gasteiger partial charge is 0.497 e. The van der Waals surface area contributed by atoms with Gasteiger partial charge >= 0.3 is 0 Å². The van der Waals surface area contributed by atoms with E-state index in [1.165, 1.54) is 17.5 Å². The first-order chi connectivity index (χ1) is 16.6. The molecular weight excluding hydrogens is 426 g/mol. The van der Waals surface area contributed by atoms with E-state index in [4.69, 9.17) is 4.74 Å². The fourth-order valence-corrected chi connectivity index (χ4v) is 6.05. The van der Waals surface area contributed by atoms with E-state index in [0.29, 0.717) is 17.9 Å². The minimum Gasteiger partial charge on any atom is -0.497 e. The summed E-state index contributed by atoms with van der Waals surface area (Å²) in [6.45, 7) is 4.06. The number of aromatic nitrogens is 3. The molecule has 34 heavy (non-hydrogen) atoms. The van der Waals surface area contributed by atoms with Crippen LogP contribution in [0.5, 0.6) is 5.75 Å². The molecule has 1 spiro atoms. The molecule has 0 N–H and O–H groups in total. The molecule has 3 aliphatic rings. The second-order valence-electron chi connectivity index (χ2n) is 10.1. The number of hydrogen-bond acceptors (Lipinski definition) is 5. The van der Waals surface area contributed by atoms with Gasteiger partial charge in [0.25, 0.3) is 0 Å². The van der Waals surface area contributed by atoms with E-state index in [2.05, 4.69) is 38.2 Å². The van der Waals surface area contributed by atoms with Gasteiger partial charge in [0.15, 0.2) is 0 Å². The molecule has 2 fully saturated rings. The Kier molecular flexibility index (Phi) is 5.37. The van der Waals surface area contributed by atoms with Gasteiger partial charge in [-0.05, 0) is 72.1 Å². The van der Waals surface area contributed by atoms with Crippen LogP contribution >= 0.6 is 0 Å². The number of methoxy groups -OCH3 is 1. The fraction of sp³-hybridized carbons (Fsp3) is 0.444. The molecule has 2 aliphatic heterocycles. The summed E-state index contributed by atoms with van der Waals surface area (Å²) in [6.07, 6.45) is 8.43. The van der Waals surface area contributed by atoms with Crippen LogP contribution in [0.1, 0.15) is 42.0 Å². The highest BCUT2D eigenvalue weighted by Crippen LogP contribution is 2.47. The molecule has 1 atom stereocenters. The van der Waals surface area contributed by atoms with Crippen molar-refractivity contribution in [2.45, 2.75) is 38.1 Å². The first-order valence-electron chi connectivity index (χ1n) is 12.3. The molecule has 3 aromatic rings. The van der Waals surface area contributed by atoms with Crippen molar-refractivity contribution < 1.29 is 9.53 Å². The van der Waals surface area contributed by atoms with Crippen molar-refractivity contribution in [3.63, 3.8) is 0 Å². The predicted molar refractivity (Wildman–Crippen MR) is 129 cm³/mol. The van der Waals surface area contributed by atoms with E-state index < -0.39 is 0 Å². The SMILES string of the molecule is COc1ccc(CC(=O)N2CCC3(CC2)CN([C@@H]2CCc4cc(-n5nccn5)ccc42)C3)cc1. The Bertz CT molecular complexity index is 1160. The highest BCUT2D eigenvalue weighted by atomic mass is 16.5. The van der Waals surface area contributed by atoms with Gasteiger partial charge in [-0.1, -0.05) is 18.2 Å². The summed E-state index contributed by atoms with van der Waals surface area (Å²) < 4.78 is 5.21. The van der Waals surface area contributed by atoms with Crippen LogP contribution < -0.4 is 4.74 Å². The van der Waals surface area contributed by atoms with Crippen LogP contribution in [0.25, 0.3) is 5.69 Å². The van der Waals surface area contributed by atoms with Gasteiger partial charge < -0.3 is 9.64 Å².